The molecule has 0 saturated carbocycles. The van der Waals surface area contributed by atoms with Gasteiger partial charge in [0.25, 0.3) is 0 Å². The molecule has 0 aromatic rings. The Balaban J connectivity index is 1.75. The van der Waals surface area contributed by atoms with Gasteiger partial charge in [-0.25, -0.2) is 0 Å². The third-order valence-corrected chi connectivity index (χ3v) is 2.35. The maximum Gasteiger partial charge on any atom is 0.0873 e. The number of rotatable bonds is 5. The largest absolute Gasteiger partial charge is 0.502 e. The van der Waals surface area contributed by atoms with Crippen LogP contribution in [0.25, 0.3) is 0 Å². The van der Waals surface area contributed by atoms with Crippen LogP contribution in [-0.2, 0) is 4.74 Å². The molecule has 1 nitrogen and oxygen atoms in total. The minimum Gasteiger partial charge on any atom is -0.502 e. The summed E-state index contributed by atoms with van der Waals surface area (Å²) in [6.07, 6.45) is 4.02. The highest BCUT2D eigenvalue weighted by molar-refractivity contribution is 8.06. The van der Waals surface area contributed by atoms with Gasteiger partial charge in [-0.2, -0.15) is 11.8 Å². The van der Waals surface area contributed by atoms with E-state index >= 15 is 0 Å². The molecule has 1 aliphatic heterocycles. The van der Waals surface area contributed by atoms with Crippen molar-refractivity contribution in [2.24, 2.45) is 0 Å². The molecule has 52 valence electrons. The highest BCUT2D eigenvalue weighted by Gasteiger charge is 2.20. The molecule has 0 bridgehead atoms. The molecule has 1 rings (SSSR count). The number of hydrogen-bond acceptors (Lipinski definition) is 2. The summed E-state index contributed by atoms with van der Waals surface area (Å²) in [5.41, 5.74) is 0. The van der Waals surface area contributed by atoms with Crippen LogP contribution in [0.5, 0.6) is 0 Å². The van der Waals surface area contributed by atoms with E-state index in [0.717, 1.165) is 11.9 Å². The van der Waals surface area contributed by atoms with Crippen LogP contribution in [0.15, 0.2) is 12.8 Å². The van der Waals surface area contributed by atoms with Crippen molar-refractivity contribution in [1.82, 2.24) is 0 Å². The van der Waals surface area contributed by atoms with Crippen molar-refractivity contribution < 1.29 is 4.74 Å². The monoisotopic (exact) mass is 144 g/mol. The normalized spacial score (nSPS) is 23.3. The number of hydrogen-bond donors (Lipinski definition) is 0. The zero-order valence-electron chi connectivity index (χ0n) is 5.51. The molecule has 1 fully saturated rings. The van der Waals surface area contributed by atoms with Gasteiger partial charge in [0.15, 0.2) is 0 Å². The van der Waals surface area contributed by atoms with E-state index in [0.29, 0.717) is 0 Å². The number of thioether (sulfide) groups is 1. The van der Waals surface area contributed by atoms with E-state index in [1.807, 2.05) is 11.8 Å². The van der Waals surface area contributed by atoms with E-state index in [1.165, 1.54) is 24.9 Å². The van der Waals surface area contributed by atoms with Crippen LogP contribution in [0.1, 0.15) is 12.8 Å². The average Bonchev–Trinajstić information content (AvgIpc) is 2.63. The molecule has 0 radical (unpaired) electrons. The van der Waals surface area contributed by atoms with Crippen LogP contribution in [0.4, 0.5) is 0 Å². The molecule has 0 aliphatic carbocycles. The zero-order chi connectivity index (χ0) is 6.53. The van der Waals surface area contributed by atoms with Gasteiger partial charge in [-0.15, -0.1) is 0 Å². The summed E-state index contributed by atoms with van der Waals surface area (Å²) in [5, 5.41) is 0.957. The van der Waals surface area contributed by atoms with Crippen molar-refractivity contribution in [1.29, 1.82) is 0 Å². The topological polar surface area (TPSA) is 9.23 Å². The van der Waals surface area contributed by atoms with Gasteiger partial charge in [-0.1, -0.05) is 6.58 Å². The lowest BCUT2D eigenvalue weighted by atomic mass is 10.3. The van der Waals surface area contributed by atoms with Gasteiger partial charge in [-0.05, 0) is 12.8 Å². The van der Waals surface area contributed by atoms with Gasteiger partial charge in [0.1, 0.15) is 0 Å². The minimum atomic E-state index is 0.848. The maximum atomic E-state index is 4.97. The lowest BCUT2D eigenvalue weighted by Crippen LogP contribution is -1.90. The molecule has 1 aliphatic rings. The van der Waals surface area contributed by atoms with Gasteiger partial charge >= 0.3 is 0 Å². The first-order valence-electron chi connectivity index (χ1n) is 3.27. The molecule has 0 amide bonds. The van der Waals surface area contributed by atoms with Gasteiger partial charge in [-0.3, -0.25) is 0 Å². The smallest absolute Gasteiger partial charge is 0.0873 e. The molecule has 2 heteroatoms. The summed E-state index contributed by atoms with van der Waals surface area (Å²) in [4.78, 5) is 0. The van der Waals surface area contributed by atoms with Crippen molar-refractivity contribution in [3.63, 3.8) is 0 Å². The standard InChI is InChI=1S/C7H12OS/c1-2-8-5-3-4-7-6-9-7/h2,7H,1,3-6H2. The third kappa shape index (κ3) is 3.46. The zero-order valence-corrected chi connectivity index (χ0v) is 6.32. The van der Waals surface area contributed by atoms with Gasteiger partial charge in [0.2, 0.25) is 0 Å². The molecular weight excluding hydrogens is 132 g/mol. The maximum absolute atomic E-state index is 4.97. The summed E-state index contributed by atoms with van der Waals surface area (Å²) in [7, 11) is 0. The lowest BCUT2D eigenvalue weighted by molar-refractivity contribution is 0.244. The van der Waals surface area contributed by atoms with Crippen LogP contribution >= 0.6 is 11.8 Å². The molecule has 9 heavy (non-hydrogen) atoms. The highest BCUT2D eigenvalue weighted by atomic mass is 32.2. The van der Waals surface area contributed by atoms with E-state index in [2.05, 4.69) is 6.58 Å². The van der Waals surface area contributed by atoms with Crippen molar-refractivity contribution in [2.45, 2.75) is 18.1 Å². The Morgan fingerprint density at radius 1 is 1.78 bits per heavy atom. The first-order chi connectivity index (χ1) is 4.43. The van der Waals surface area contributed by atoms with Gasteiger partial charge in [0, 0.05) is 11.0 Å². The fraction of sp³-hybridized carbons (Fsp3) is 0.714. The molecule has 1 atom stereocenters. The summed E-state index contributed by atoms with van der Waals surface area (Å²) in [6.45, 7) is 4.31. The van der Waals surface area contributed by atoms with E-state index in [-0.39, 0.29) is 0 Å². The molecule has 0 aromatic carbocycles. The third-order valence-electron chi connectivity index (χ3n) is 1.31. The summed E-state index contributed by atoms with van der Waals surface area (Å²) in [5.74, 6) is 1.37. The number of ether oxygens (including phenoxy) is 1. The Labute approximate surface area is 60.5 Å². The Kier molecular flexibility index (Phi) is 2.98. The van der Waals surface area contributed by atoms with Crippen molar-refractivity contribution in [3.05, 3.63) is 12.8 Å². The van der Waals surface area contributed by atoms with Crippen LogP contribution in [0, 0.1) is 0 Å². The highest BCUT2D eigenvalue weighted by Crippen LogP contribution is 2.33. The van der Waals surface area contributed by atoms with Crippen molar-refractivity contribution in [3.8, 4) is 0 Å². The molecule has 0 spiro atoms. The molecule has 1 saturated heterocycles. The Morgan fingerprint density at radius 3 is 3.11 bits per heavy atom. The van der Waals surface area contributed by atoms with Crippen molar-refractivity contribution in [2.75, 3.05) is 12.4 Å². The van der Waals surface area contributed by atoms with E-state index < -0.39 is 0 Å². The molecular formula is C7H12OS. The van der Waals surface area contributed by atoms with Crippen LogP contribution < -0.4 is 0 Å². The van der Waals surface area contributed by atoms with Gasteiger partial charge in [0.05, 0.1) is 12.9 Å². The second-order valence-corrected chi connectivity index (χ2v) is 3.47. The molecule has 1 heterocycles. The Bertz CT molecular complexity index is 88.9. The fourth-order valence-electron chi connectivity index (χ4n) is 0.712. The van der Waals surface area contributed by atoms with Crippen LogP contribution in [0.2, 0.25) is 0 Å². The molecule has 0 N–H and O–H groups in total. The Hall–Kier alpha value is -0.110. The fourth-order valence-corrected chi connectivity index (χ4v) is 1.35. The summed E-state index contributed by atoms with van der Waals surface area (Å²) in [6, 6.07) is 0. The van der Waals surface area contributed by atoms with Crippen molar-refractivity contribution >= 4 is 11.8 Å². The van der Waals surface area contributed by atoms with Gasteiger partial charge < -0.3 is 4.74 Å². The molecule has 1 unspecified atom stereocenters. The first-order valence-corrected chi connectivity index (χ1v) is 4.32. The average molecular weight is 144 g/mol. The van der Waals surface area contributed by atoms with E-state index in [1.54, 1.807) is 0 Å². The Morgan fingerprint density at radius 2 is 2.56 bits per heavy atom. The van der Waals surface area contributed by atoms with Crippen LogP contribution in [0.3, 0.4) is 0 Å². The minimum absolute atomic E-state index is 0.848. The molecule has 0 aromatic heterocycles. The SMILES string of the molecule is C=COCCCC1CS1. The second kappa shape index (κ2) is 3.83. The second-order valence-electron chi connectivity index (χ2n) is 2.14. The van der Waals surface area contributed by atoms with E-state index in [4.69, 9.17) is 4.74 Å². The predicted molar refractivity (Wildman–Crippen MR) is 41.6 cm³/mol. The van der Waals surface area contributed by atoms with Crippen LogP contribution in [-0.4, -0.2) is 17.6 Å². The van der Waals surface area contributed by atoms with E-state index in [9.17, 15) is 0 Å². The summed E-state index contributed by atoms with van der Waals surface area (Å²) < 4.78 is 4.97. The quantitative estimate of drug-likeness (QED) is 0.332. The lowest BCUT2D eigenvalue weighted by Gasteiger charge is -1.96. The summed E-state index contributed by atoms with van der Waals surface area (Å²) >= 11 is 2.04. The first kappa shape index (κ1) is 7.00. The predicted octanol–water partition coefficient (Wildman–Crippen LogP) is 2.04.